The van der Waals surface area contributed by atoms with E-state index >= 15 is 0 Å². The predicted molar refractivity (Wildman–Crippen MR) is 95.4 cm³/mol. The molecule has 1 aliphatic rings. The summed E-state index contributed by atoms with van der Waals surface area (Å²) < 4.78 is 43.3. The van der Waals surface area contributed by atoms with E-state index in [0.717, 1.165) is 17.6 Å². The molecule has 0 spiro atoms. The van der Waals surface area contributed by atoms with Crippen molar-refractivity contribution >= 4 is 38.3 Å². The van der Waals surface area contributed by atoms with Crippen LogP contribution in [-0.2, 0) is 19.4 Å². The average molecular weight is 380 g/mol. The summed E-state index contributed by atoms with van der Waals surface area (Å²) in [5.74, 6) is -0.447. The lowest BCUT2D eigenvalue weighted by molar-refractivity contribution is -0.126. The molecule has 0 aliphatic carbocycles. The fourth-order valence-corrected chi connectivity index (χ4v) is 4.10. The van der Waals surface area contributed by atoms with Crippen LogP contribution in [0.4, 0.5) is 4.39 Å². The van der Waals surface area contributed by atoms with Gasteiger partial charge in [-0.1, -0.05) is 6.92 Å². The van der Waals surface area contributed by atoms with E-state index in [1.807, 2.05) is 6.92 Å². The Morgan fingerprint density at radius 1 is 1.20 bits per heavy atom. The number of hydrogen-bond donors (Lipinski definition) is 0. The summed E-state index contributed by atoms with van der Waals surface area (Å²) in [5, 5.41) is 1.58. The zero-order valence-electron chi connectivity index (χ0n) is 14.0. The van der Waals surface area contributed by atoms with Crippen LogP contribution >= 0.6 is 11.3 Å². The van der Waals surface area contributed by atoms with Crippen LogP contribution in [0.3, 0.4) is 0 Å². The number of sulfone groups is 1. The Hall–Kier alpha value is -1.99. The summed E-state index contributed by atoms with van der Waals surface area (Å²) in [7, 11) is -3.33. The highest BCUT2D eigenvalue weighted by molar-refractivity contribution is 7.90. The van der Waals surface area contributed by atoms with Gasteiger partial charge in [-0.15, -0.1) is 11.3 Å². The molecule has 1 aliphatic heterocycles. The molecule has 2 heterocycles. The number of ketones is 1. The van der Waals surface area contributed by atoms with Gasteiger partial charge in [-0.05, 0) is 49.1 Å². The molecule has 1 unspecified atom stereocenters. The van der Waals surface area contributed by atoms with Gasteiger partial charge in [0.15, 0.2) is 15.4 Å². The first-order chi connectivity index (χ1) is 11.7. The minimum atomic E-state index is -3.33. The Bertz CT molecular complexity index is 971. The molecule has 0 saturated carbocycles. The first-order valence-electron chi connectivity index (χ1n) is 7.69. The van der Waals surface area contributed by atoms with E-state index in [2.05, 4.69) is 0 Å². The van der Waals surface area contributed by atoms with Gasteiger partial charge < -0.3 is 4.74 Å². The van der Waals surface area contributed by atoms with Crippen LogP contribution in [0, 0.1) is 5.82 Å². The van der Waals surface area contributed by atoms with E-state index in [-0.39, 0.29) is 26.9 Å². The third-order valence-electron chi connectivity index (χ3n) is 4.33. The van der Waals surface area contributed by atoms with Crippen LogP contribution in [0.15, 0.2) is 40.6 Å². The Balaban J connectivity index is 2.17. The van der Waals surface area contributed by atoms with E-state index in [0.29, 0.717) is 12.0 Å². The highest BCUT2D eigenvalue weighted by Gasteiger charge is 2.46. The molecule has 1 atom stereocenters. The molecule has 1 aromatic carbocycles. The number of benzene rings is 1. The van der Waals surface area contributed by atoms with Crippen molar-refractivity contribution in [1.29, 1.82) is 0 Å². The molecule has 0 bridgehead atoms. The van der Waals surface area contributed by atoms with Crippen LogP contribution in [-0.4, -0.2) is 26.1 Å². The Morgan fingerprint density at radius 2 is 1.84 bits per heavy atom. The van der Waals surface area contributed by atoms with Crippen molar-refractivity contribution in [3.63, 3.8) is 0 Å². The number of thiophene rings is 1. The second-order valence-electron chi connectivity index (χ2n) is 6.11. The van der Waals surface area contributed by atoms with Gasteiger partial charge in [-0.25, -0.2) is 12.8 Å². The van der Waals surface area contributed by atoms with Crippen LogP contribution in [0.25, 0.3) is 11.3 Å². The lowest BCUT2D eigenvalue weighted by Crippen LogP contribution is -2.32. The zero-order valence-corrected chi connectivity index (χ0v) is 15.6. The van der Waals surface area contributed by atoms with Gasteiger partial charge in [0.2, 0.25) is 5.78 Å². The zero-order chi connectivity index (χ0) is 18.4. The molecule has 0 radical (unpaired) electrons. The van der Waals surface area contributed by atoms with Crippen molar-refractivity contribution in [2.75, 3.05) is 6.26 Å². The SMILES string of the molecule is CCC1(C)OC(c2ccc(S(C)(=O)=O)cc2)=C(c2sccc2F)C1=O. The number of halogens is 1. The first-order valence-corrected chi connectivity index (χ1v) is 10.5. The Labute approximate surface area is 149 Å². The molecule has 0 N–H and O–H groups in total. The topological polar surface area (TPSA) is 60.4 Å². The maximum Gasteiger partial charge on any atom is 0.211 e. The largest absolute Gasteiger partial charge is 0.478 e. The molecule has 1 aromatic heterocycles. The Morgan fingerprint density at radius 3 is 2.32 bits per heavy atom. The van der Waals surface area contributed by atoms with E-state index in [1.54, 1.807) is 24.4 Å². The van der Waals surface area contributed by atoms with Crippen molar-refractivity contribution in [1.82, 2.24) is 0 Å². The van der Waals surface area contributed by atoms with Gasteiger partial charge in [0.25, 0.3) is 0 Å². The lowest BCUT2D eigenvalue weighted by Gasteiger charge is -2.21. The quantitative estimate of drug-likeness (QED) is 0.806. The normalized spacial score (nSPS) is 20.9. The van der Waals surface area contributed by atoms with Crippen LogP contribution < -0.4 is 0 Å². The summed E-state index contributed by atoms with van der Waals surface area (Å²) in [5.41, 5.74) is -0.305. The van der Waals surface area contributed by atoms with Crippen molar-refractivity contribution in [2.45, 2.75) is 30.8 Å². The smallest absolute Gasteiger partial charge is 0.211 e. The summed E-state index contributed by atoms with van der Waals surface area (Å²) >= 11 is 1.14. The van der Waals surface area contributed by atoms with E-state index in [4.69, 9.17) is 4.74 Å². The van der Waals surface area contributed by atoms with E-state index in [9.17, 15) is 17.6 Å². The molecular formula is C18H17FO4S2. The lowest BCUT2D eigenvalue weighted by atomic mass is 9.93. The molecule has 25 heavy (non-hydrogen) atoms. The molecule has 132 valence electrons. The van der Waals surface area contributed by atoms with Gasteiger partial charge in [0.1, 0.15) is 11.6 Å². The van der Waals surface area contributed by atoms with E-state index in [1.165, 1.54) is 18.2 Å². The number of hydrogen-bond acceptors (Lipinski definition) is 5. The number of Topliss-reactive ketones (excluding diaryl/α,β-unsaturated/α-hetero) is 1. The number of carbonyl (C=O) groups excluding carboxylic acids is 1. The van der Waals surface area contributed by atoms with Gasteiger partial charge in [-0.2, -0.15) is 0 Å². The molecule has 4 nitrogen and oxygen atoms in total. The average Bonchev–Trinajstić information content (AvgIpc) is 3.09. The molecular weight excluding hydrogens is 363 g/mol. The minimum Gasteiger partial charge on any atom is -0.478 e. The summed E-state index contributed by atoms with van der Waals surface area (Å²) in [4.78, 5) is 13.3. The predicted octanol–water partition coefficient (Wildman–Crippen LogP) is 3.93. The summed E-state index contributed by atoms with van der Waals surface area (Å²) in [6.07, 6.45) is 1.56. The molecule has 3 rings (SSSR count). The standard InChI is InChI=1S/C18H17FO4S2/c1-4-18(2)17(20)14(16-13(19)9-10-24-16)15(23-18)11-5-7-12(8-6-11)25(3,21)22/h5-10H,4H2,1-3H3. The van der Waals surface area contributed by atoms with Crippen molar-refractivity contribution in [3.8, 4) is 0 Å². The van der Waals surface area contributed by atoms with Crippen LogP contribution in [0.5, 0.6) is 0 Å². The van der Waals surface area contributed by atoms with Crippen molar-refractivity contribution in [3.05, 3.63) is 52.0 Å². The summed E-state index contributed by atoms with van der Waals surface area (Å²) in [6.45, 7) is 3.51. The third-order valence-corrected chi connectivity index (χ3v) is 6.36. The second-order valence-corrected chi connectivity index (χ2v) is 9.05. The highest BCUT2D eigenvalue weighted by Crippen LogP contribution is 2.44. The first kappa shape index (κ1) is 17.8. The Kier molecular flexibility index (Phi) is 4.33. The number of ether oxygens (including phenoxy) is 1. The third kappa shape index (κ3) is 3.02. The number of rotatable bonds is 4. The van der Waals surface area contributed by atoms with Gasteiger partial charge >= 0.3 is 0 Å². The van der Waals surface area contributed by atoms with Gasteiger partial charge in [0.05, 0.1) is 15.3 Å². The molecule has 0 amide bonds. The fourth-order valence-electron chi connectivity index (χ4n) is 2.66. The monoisotopic (exact) mass is 380 g/mol. The fraction of sp³-hybridized carbons (Fsp3) is 0.278. The maximum atomic E-state index is 14.1. The molecule has 0 fully saturated rings. The molecule has 0 saturated heterocycles. The maximum absolute atomic E-state index is 14.1. The van der Waals surface area contributed by atoms with Crippen molar-refractivity contribution < 1.29 is 22.3 Å². The molecule has 2 aromatic rings. The van der Waals surface area contributed by atoms with E-state index < -0.39 is 21.3 Å². The molecule has 7 heteroatoms. The van der Waals surface area contributed by atoms with Gasteiger partial charge in [0, 0.05) is 11.8 Å². The van der Waals surface area contributed by atoms with Crippen LogP contribution in [0.2, 0.25) is 0 Å². The minimum absolute atomic E-state index is 0.170. The highest BCUT2D eigenvalue weighted by atomic mass is 32.2. The van der Waals surface area contributed by atoms with Gasteiger partial charge in [-0.3, -0.25) is 4.79 Å². The van der Waals surface area contributed by atoms with Crippen LogP contribution in [0.1, 0.15) is 30.7 Å². The second kappa shape index (κ2) is 6.07. The number of carbonyl (C=O) groups is 1. The van der Waals surface area contributed by atoms with Crippen molar-refractivity contribution in [2.24, 2.45) is 0 Å². The summed E-state index contributed by atoms with van der Waals surface area (Å²) in [6, 6.07) is 7.37.